The number of aromatic nitrogens is 3. The van der Waals surface area contributed by atoms with Crippen LogP contribution >= 0.6 is 43.2 Å². The number of hydrogen-bond acceptors (Lipinski definition) is 11. The van der Waals surface area contributed by atoms with Crippen LogP contribution in [0.25, 0.3) is 15.5 Å². The van der Waals surface area contributed by atoms with Crippen molar-refractivity contribution in [1.82, 2.24) is 15.3 Å². The van der Waals surface area contributed by atoms with E-state index in [2.05, 4.69) is 51.9 Å². The first-order chi connectivity index (χ1) is 20.0. The van der Waals surface area contributed by atoms with E-state index in [0.717, 1.165) is 11.3 Å². The SMILES string of the molecule is Cc1noc(NS(=O)(=O)c2sc(-c3ccccn3)cc2C2=CC=C(C3=CC=CCN3c3onc(C)c3Br)S2(=O)=O)c1Br. The van der Waals surface area contributed by atoms with E-state index >= 15 is 0 Å². The van der Waals surface area contributed by atoms with Gasteiger partial charge in [0.05, 0.1) is 37.5 Å². The van der Waals surface area contributed by atoms with Crippen molar-refractivity contribution >= 4 is 79.7 Å². The lowest BCUT2D eigenvalue weighted by Gasteiger charge is -2.26. The lowest BCUT2D eigenvalue weighted by atomic mass is 10.2. The van der Waals surface area contributed by atoms with Crippen molar-refractivity contribution in [3.05, 3.63) is 97.3 Å². The minimum absolute atomic E-state index is 0.00181. The van der Waals surface area contributed by atoms with Crippen LogP contribution in [0.3, 0.4) is 0 Å². The van der Waals surface area contributed by atoms with Gasteiger partial charge in [0.1, 0.15) is 13.2 Å². The summed E-state index contributed by atoms with van der Waals surface area (Å²) in [5.74, 6) is 0.219. The van der Waals surface area contributed by atoms with E-state index in [1.54, 1.807) is 55.3 Å². The second-order valence-corrected chi connectivity index (χ2v) is 15.5. The van der Waals surface area contributed by atoms with E-state index in [4.69, 9.17) is 9.05 Å². The topological polar surface area (TPSA) is 148 Å². The Kier molecular flexibility index (Phi) is 7.37. The summed E-state index contributed by atoms with van der Waals surface area (Å²) in [4.78, 5) is 6.28. The summed E-state index contributed by atoms with van der Waals surface area (Å²) in [5, 5.41) is 7.74. The highest BCUT2D eigenvalue weighted by atomic mass is 79.9. The number of anilines is 2. The first-order valence-corrected chi connectivity index (χ1v) is 17.5. The molecule has 2 aliphatic rings. The van der Waals surface area contributed by atoms with E-state index in [-0.39, 0.29) is 25.5 Å². The monoisotopic (exact) mass is 751 g/mol. The molecular weight excluding hydrogens is 734 g/mol. The number of nitrogens with zero attached hydrogens (tertiary/aromatic N) is 4. The van der Waals surface area contributed by atoms with Crippen LogP contribution in [0.5, 0.6) is 0 Å². The molecular formula is C26H19Br2N5O6S3. The number of aryl methyl sites for hydroxylation is 2. The van der Waals surface area contributed by atoms with Gasteiger partial charge in [0.2, 0.25) is 15.7 Å². The average Bonchev–Trinajstić information content (AvgIpc) is 3.72. The van der Waals surface area contributed by atoms with Gasteiger partial charge in [-0.2, -0.15) is 0 Å². The number of sulfonamides is 1. The van der Waals surface area contributed by atoms with Crippen molar-refractivity contribution in [1.29, 1.82) is 0 Å². The maximum atomic E-state index is 14.2. The fourth-order valence-corrected chi connectivity index (χ4v) is 9.46. The normalized spacial score (nSPS) is 16.4. The summed E-state index contributed by atoms with van der Waals surface area (Å²) in [5.41, 5.74) is 1.89. The van der Waals surface area contributed by atoms with Gasteiger partial charge in [-0.1, -0.05) is 28.5 Å². The Labute approximate surface area is 261 Å². The maximum absolute atomic E-state index is 14.2. The predicted octanol–water partition coefficient (Wildman–Crippen LogP) is 6.34. The van der Waals surface area contributed by atoms with E-state index < -0.39 is 19.9 Å². The molecule has 16 heteroatoms. The van der Waals surface area contributed by atoms with Gasteiger partial charge < -0.3 is 13.9 Å². The first-order valence-electron chi connectivity index (χ1n) is 12.1. The van der Waals surface area contributed by atoms with Gasteiger partial charge in [-0.05, 0) is 82.1 Å². The van der Waals surface area contributed by atoms with Gasteiger partial charge in [0, 0.05) is 18.3 Å². The molecule has 2 aliphatic heterocycles. The van der Waals surface area contributed by atoms with Crippen LogP contribution in [0.4, 0.5) is 11.8 Å². The van der Waals surface area contributed by atoms with Crippen LogP contribution in [0.2, 0.25) is 0 Å². The van der Waals surface area contributed by atoms with Crippen LogP contribution in [-0.2, 0) is 19.9 Å². The molecule has 0 fully saturated rings. The molecule has 0 unspecified atom stereocenters. The van der Waals surface area contributed by atoms with Gasteiger partial charge >= 0.3 is 0 Å². The Morgan fingerprint density at radius 1 is 1.02 bits per heavy atom. The molecule has 1 N–H and O–H groups in total. The number of sulfone groups is 1. The quantitative estimate of drug-likeness (QED) is 0.227. The van der Waals surface area contributed by atoms with Gasteiger partial charge in [0.25, 0.3) is 15.9 Å². The summed E-state index contributed by atoms with van der Waals surface area (Å²) in [6, 6.07) is 6.72. The van der Waals surface area contributed by atoms with E-state index in [0.29, 0.717) is 49.0 Å². The molecule has 4 aromatic rings. The van der Waals surface area contributed by atoms with Crippen LogP contribution in [0.1, 0.15) is 17.0 Å². The molecule has 6 rings (SSSR count). The molecule has 0 aliphatic carbocycles. The Morgan fingerprint density at radius 2 is 1.76 bits per heavy atom. The van der Waals surface area contributed by atoms with E-state index in [1.807, 2.05) is 6.08 Å². The predicted molar refractivity (Wildman–Crippen MR) is 166 cm³/mol. The Bertz CT molecular complexity index is 2070. The summed E-state index contributed by atoms with van der Waals surface area (Å²) in [7, 11) is -8.55. The fraction of sp³-hybridized carbons (Fsp3) is 0.115. The van der Waals surface area contributed by atoms with Crippen LogP contribution in [0.15, 0.2) is 93.6 Å². The fourth-order valence-electron chi connectivity index (χ4n) is 4.31. The van der Waals surface area contributed by atoms with Crippen LogP contribution < -0.4 is 9.62 Å². The maximum Gasteiger partial charge on any atom is 0.274 e. The summed E-state index contributed by atoms with van der Waals surface area (Å²) in [6.07, 6.45) is 9.68. The average molecular weight is 753 g/mol. The molecule has 0 spiro atoms. The van der Waals surface area contributed by atoms with E-state index in [1.165, 1.54) is 18.2 Å². The third-order valence-corrected chi connectivity index (χ3v) is 13.1. The third kappa shape index (κ3) is 4.90. The minimum atomic E-state index is -4.34. The summed E-state index contributed by atoms with van der Waals surface area (Å²) < 4.78 is 69.5. The molecule has 0 atom stereocenters. The highest BCUT2D eigenvalue weighted by Gasteiger charge is 2.39. The zero-order chi connectivity index (χ0) is 29.8. The molecule has 0 saturated heterocycles. The highest BCUT2D eigenvalue weighted by Crippen LogP contribution is 2.46. The molecule has 0 amide bonds. The molecule has 216 valence electrons. The lowest BCUT2D eigenvalue weighted by Crippen LogP contribution is -2.27. The smallest absolute Gasteiger partial charge is 0.274 e. The molecule has 4 aromatic heterocycles. The molecule has 0 radical (unpaired) electrons. The zero-order valence-electron chi connectivity index (χ0n) is 21.7. The van der Waals surface area contributed by atoms with Gasteiger partial charge in [-0.15, -0.1) is 11.3 Å². The molecule has 0 aromatic carbocycles. The molecule has 0 bridgehead atoms. The number of rotatable bonds is 7. The summed E-state index contributed by atoms with van der Waals surface area (Å²) in [6.45, 7) is 3.73. The van der Waals surface area contributed by atoms with Crippen molar-refractivity contribution < 1.29 is 25.9 Å². The van der Waals surface area contributed by atoms with Gasteiger partial charge in [0.15, 0.2) is 0 Å². The van der Waals surface area contributed by atoms with Crippen molar-refractivity contribution in [3.63, 3.8) is 0 Å². The minimum Gasteiger partial charge on any atom is -0.337 e. The van der Waals surface area contributed by atoms with Crippen molar-refractivity contribution in [2.45, 2.75) is 18.1 Å². The van der Waals surface area contributed by atoms with Gasteiger partial charge in [-0.3, -0.25) is 4.98 Å². The van der Waals surface area contributed by atoms with Gasteiger partial charge in [-0.25, -0.2) is 21.6 Å². The molecule has 6 heterocycles. The Hall–Kier alpha value is -3.31. The molecule has 0 saturated carbocycles. The number of pyridine rings is 1. The third-order valence-electron chi connectivity index (χ3n) is 6.35. The molecule has 11 nitrogen and oxygen atoms in total. The zero-order valence-corrected chi connectivity index (χ0v) is 27.3. The number of allylic oxidation sites excluding steroid dienone is 4. The summed E-state index contributed by atoms with van der Waals surface area (Å²) >= 11 is 7.62. The second-order valence-electron chi connectivity index (χ2n) is 9.09. The Morgan fingerprint density at radius 3 is 2.43 bits per heavy atom. The van der Waals surface area contributed by atoms with Crippen molar-refractivity contribution in [3.8, 4) is 10.6 Å². The molecule has 42 heavy (non-hydrogen) atoms. The van der Waals surface area contributed by atoms with Crippen LogP contribution in [0, 0.1) is 13.8 Å². The number of halogens is 2. The number of thiophene rings is 1. The number of nitrogens with one attached hydrogen (secondary N) is 1. The first kappa shape index (κ1) is 28.8. The Balaban J connectivity index is 1.43. The standard InChI is InChI=1S/C26H19Br2N5O6S3/c1-14-22(27)24(38-30-14)32-42(36,37)26-16(13-19(40-26)17-7-3-5-11-29-17)20-9-10-21(41(20,34)35)18-8-4-6-12-33(18)25-23(28)15(2)31-39-25/h3-11,13,32H,12H2,1-2H3. The second kappa shape index (κ2) is 10.8. The van der Waals surface area contributed by atoms with Crippen molar-refractivity contribution in [2.75, 3.05) is 16.2 Å². The van der Waals surface area contributed by atoms with Crippen molar-refractivity contribution in [2.24, 2.45) is 0 Å². The lowest BCUT2D eigenvalue weighted by molar-refractivity contribution is 0.417. The highest BCUT2D eigenvalue weighted by molar-refractivity contribution is 9.11. The van der Waals surface area contributed by atoms with Crippen LogP contribution in [-0.4, -0.2) is 38.7 Å². The largest absolute Gasteiger partial charge is 0.337 e. The van der Waals surface area contributed by atoms with E-state index in [9.17, 15) is 16.8 Å². The number of hydrogen-bond donors (Lipinski definition) is 1.